The normalized spacial score (nSPS) is 16.5. The lowest BCUT2D eigenvalue weighted by atomic mass is 10.1. The standard InChI is InChI=1S/C17H18N2O3S/c1-9(2)15-6-11(8-23-15)17(21)18-12-4-5-14-13(7-12)19-16(20)10(3)22-14/h4-10H,1-3H3,(H,18,21)(H,19,20). The second-order valence-corrected chi connectivity index (χ2v) is 6.75. The number of amides is 2. The SMILES string of the molecule is CC1Oc2ccc(NC(=O)c3csc(C(C)C)c3)cc2NC1=O. The molecular weight excluding hydrogens is 312 g/mol. The minimum absolute atomic E-state index is 0.162. The van der Waals surface area contributed by atoms with Crippen molar-refractivity contribution >= 4 is 34.5 Å². The topological polar surface area (TPSA) is 67.4 Å². The second kappa shape index (κ2) is 6.04. The molecule has 0 aliphatic carbocycles. The van der Waals surface area contributed by atoms with Crippen molar-refractivity contribution in [2.24, 2.45) is 0 Å². The summed E-state index contributed by atoms with van der Waals surface area (Å²) in [5.41, 5.74) is 1.83. The van der Waals surface area contributed by atoms with Crippen LogP contribution in [-0.2, 0) is 4.79 Å². The average Bonchev–Trinajstić information content (AvgIpc) is 2.99. The van der Waals surface area contributed by atoms with Crippen molar-refractivity contribution in [3.05, 3.63) is 40.1 Å². The van der Waals surface area contributed by atoms with Crippen molar-refractivity contribution in [3.8, 4) is 5.75 Å². The smallest absolute Gasteiger partial charge is 0.265 e. The Balaban J connectivity index is 1.76. The van der Waals surface area contributed by atoms with Crippen LogP contribution in [0.2, 0.25) is 0 Å². The monoisotopic (exact) mass is 330 g/mol. The molecule has 120 valence electrons. The summed E-state index contributed by atoms with van der Waals surface area (Å²) in [6.07, 6.45) is -0.511. The summed E-state index contributed by atoms with van der Waals surface area (Å²) in [6.45, 7) is 5.89. The molecule has 0 radical (unpaired) electrons. The third-order valence-electron chi connectivity index (χ3n) is 3.62. The van der Waals surface area contributed by atoms with Crippen LogP contribution < -0.4 is 15.4 Å². The Labute approximate surface area is 138 Å². The molecule has 0 saturated carbocycles. The maximum Gasteiger partial charge on any atom is 0.265 e. The molecule has 23 heavy (non-hydrogen) atoms. The lowest BCUT2D eigenvalue weighted by Gasteiger charge is -2.23. The quantitative estimate of drug-likeness (QED) is 0.898. The number of carbonyl (C=O) groups is 2. The summed E-state index contributed by atoms with van der Waals surface area (Å²) < 4.78 is 5.50. The van der Waals surface area contributed by atoms with Gasteiger partial charge in [-0.05, 0) is 37.1 Å². The van der Waals surface area contributed by atoms with Gasteiger partial charge in [0, 0.05) is 15.9 Å². The van der Waals surface area contributed by atoms with Crippen molar-refractivity contribution in [3.63, 3.8) is 0 Å². The first-order chi connectivity index (χ1) is 10.9. The molecule has 1 aromatic carbocycles. The van der Waals surface area contributed by atoms with Crippen molar-refractivity contribution in [1.82, 2.24) is 0 Å². The summed E-state index contributed by atoms with van der Waals surface area (Å²) in [5, 5.41) is 7.47. The molecule has 2 heterocycles. The van der Waals surface area contributed by atoms with E-state index in [2.05, 4.69) is 24.5 Å². The van der Waals surface area contributed by atoms with Crippen LogP contribution in [0.5, 0.6) is 5.75 Å². The minimum Gasteiger partial charge on any atom is -0.479 e. The van der Waals surface area contributed by atoms with Crippen LogP contribution in [0.4, 0.5) is 11.4 Å². The molecule has 1 aromatic heterocycles. The van der Waals surface area contributed by atoms with Crippen LogP contribution in [0.25, 0.3) is 0 Å². The Morgan fingerprint density at radius 1 is 1.35 bits per heavy atom. The molecule has 0 fully saturated rings. The van der Waals surface area contributed by atoms with Crippen LogP contribution >= 0.6 is 11.3 Å². The molecule has 1 aliphatic rings. The predicted molar refractivity (Wildman–Crippen MR) is 91.5 cm³/mol. The van der Waals surface area contributed by atoms with E-state index in [-0.39, 0.29) is 11.8 Å². The number of benzene rings is 1. The van der Waals surface area contributed by atoms with Crippen LogP contribution in [-0.4, -0.2) is 17.9 Å². The number of hydrogen-bond donors (Lipinski definition) is 2. The molecule has 1 unspecified atom stereocenters. The van der Waals surface area contributed by atoms with Crippen LogP contribution in [0, 0.1) is 0 Å². The van der Waals surface area contributed by atoms with Crippen LogP contribution in [0.15, 0.2) is 29.6 Å². The molecule has 6 heteroatoms. The lowest BCUT2D eigenvalue weighted by Crippen LogP contribution is -2.34. The fraction of sp³-hybridized carbons (Fsp3) is 0.294. The van der Waals surface area contributed by atoms with Gasteiger partial charge in [-0.3, -0.25) is 9.59 Å². The molecule has 2 aromatic rings. The van der Waals surface area contributed by atoms with E-state index < -0.39 is 6.10 Å². The van der Waals surface area contributed by atoms with Gasteiger partial charge in [0.15, 0.2) is 6.10 Å². The van der Waals surface area contributed by atoms with E-state index in [1.165, 1.54) is 4.88 Å². The average molecular weight is 330 g/mol. The first kappa shape index (κ1) is 15.6. The van der Waals surface area contributed by atoms with Crippen LogP contribution in [0.1, 0.15) is 41.9 Å². The lowest BCUT2D eigenvalue weighted by molar-refractivity contribution is -0.122. The van der Waals surface area contributed by atoms with Gasteiger partial charge in [-0.15, -0.1) is 11.3 Å². The highest BCUT2D eigenvalue weighted by atomic mass is 32.1. The molecule has 1 atom stereocenters. The van der Waals surface area contributed by atoms with Crippen molar-refractivity contribution in [2.75, 3.05) is 10.6 Å². The Morgan fingerprint density at radius 2 is 2.13 bits per heavy atom. The summed E-state index contributed by atoms with van der Waals surface area (Å²) in [7, 11) is 0. The van der Waals surface area contributed by atoms with Gasteiger partial charge in [0.25, 0.3) is 11.8 Å². The largest absolute Gasteiger partial charge is 0.479 e. The van der Waals surface area contributed by atoms with Gasteiger partial charge in [-0.2, -0.15) is 0 Å². The summed E-state index contributed by atoms with van der Waals surface area (Å²) in [5.74, 6) is 0.650. The molecule has 0 saturated heterocycles. The zero-order valence-corrected chi connectivity index (χ0v) is 14.0. The van der Waals surface area contributed by atoms with Gasteiger partial charge in [-0.25, -0.2) is 0 Å². The van der Waals surface area contributed by atoms with E-state index in [4.69, 9.17) is 4.74 Å². The zero-order valence-electron chi connectivity index (χ0n) is 13.2. The zero-order chi connectivity index (χ0) is 16.6. The molecule has 2 N–H and O–H groups in total. The number of rotatable bonds is 3. The Bertz CT molecular complexity index is 767. The van der Waals surface area contributed by atoms with Crippen molar-refractivity contribution in [1.29, 1.82) is 0 Å². The first-order valence-electron chi connectivity index (χ1n) is 7.45. The Kier molecular flexibility index (Phi) is 4.09. The third-order valence-corrected chi connectivity index (χ3v) is 4.85. The maximum absolute atomic E-state index is 12.3. The molecule has 5 nitrogen and oxygen atoms in total. The molecule has 0 spiro atoms. The predicted octanol–water partition coefficient (Wildman–Crippen LogP) is 3.84. The van der Waals surface area contributed by atoms with Gasteiger partial charge < -0.3 is 15.4 Å². The van der Waals surface area contributed by atoms with Gasteiger partial charge in [-0.1, -0.05) is 13.8 Å². The highest BCUT2D eigenvalue weighted by molar-refractivity contribution is 7.10. The molecular formula is C17H18N2O3S. The van der Waals surface area contributed by atoms with Crippen molar-refractivity contribution in [2.45, 2.75) is 32.8 Å². The molecule has 1 aliphatic heterocycles. The van der Waals surface area contributed by atoms with E-state index in [0.29, 0.717) is 28.6 Å². The second-order valence-electron chi connectivity index (χ2n) is 5.81. The molecule has 0 bridgehead atoms. The Hall–Kier alpha value is -2.34. The number of nitrogens with one attached hydrogen (secondary N) is 2. The Morgan fingerprint density at radius 3 is 2.83 bits per heavy atom. The number of carbonyl (C=O) groups excluding carboxylic acids is 2. The number of fused-ring (bicyclic) bond motifs is 1. The van der Waals surface area contributed by atoms with E-state index in [9.17, 15) is 9.59 Å². The summed E-state index contributed by atoms with van der Waals surface area (Å²) >= 11 is 1.58. The van der Waals surface area contributed by atoms with Crippen LogP contribution in [0.3, 0.4) is 0 Å². The highest BCUT2D eigenvalue weighted by Gasteiger charge is 2.23. The van der Waals surface area contributed by atoms with E-state index in [1.54, 1.807) is 36.5 Å². The highest BCUT2D eigenvalue weighted by Crippen LogP contribution is 2.32. The van der Waals surface area contributed by atoms with Gasteiger partial charge in [0.1, 0.15) is 5.75 Å². The van der Waals surface area contributed by atoms with Gasteiger partial charge in [0.2, 0.25) is 0 Å². The first-order valence-corrected chi connectivity index (χ1v) is 8.33. The summed E-state index contributed by atoms with van der Waals surface area (Å²) in [4.78, 5) is 25.1. The van der Waals surface area contributed by atoms with Crippen molar-refractivity contribution < 1.29 is 14.3 Å². The molecule has 3 rings (SSSR count). The number of ether oxygens (including phenoxy) is 1. The minimum atomic E-state index is -0.511. The third kappa shape index (κ3) is 3.22. The fourth-order valence-corrected chi connectivity index (χ4v) is 3.17. The van der Waals surface area contributed by atoms with E-state index >= 15 is 0 Å². The van der Waals surface area contributed by atoms with E-state index in [0.717, 1.165) is 0 Å². The van der Waals surface area contributed by atoms with Gasteiger partial charge in [0.05, 0.1) is 11.3 Å². The number of anilines is 2. The molecule has 2 amide bonds. The van der Waals surface area contributed by atoms with E-state index in [1.807, 2.05) is 11.4 Å². The number of thiophene rings is 1. The fourth-order valence-electron chi connectivity index (χ4n) is 2.26. The van der Waals surface area contributed by atoms with Gasteiger partial charge >= 0.3 is 0 Å². The summed E-state index contributed by atoms with van der Waals surface area (Å²) in [6, 6.07) is 7.12. The maximum atomic E-state index is 12.3. The number of hydrogen-bond acceptors (Lipinski definition) is 4.